The smallest absolute Gasteiger partial charge is 0.132 e. The Morgan fingerprint density at radius 1 is 0.556 bits per heavy atom. The maximum atomic E-state index is 11.5. The molecule has 0 atom stereocenters. The summed E-state index contributed by atoms with van der Waals surface area (Å²) in [5.41, 5.74) is 7.84. The van der Waals surface area contributed by atoms with E-state index in [-0.39, 0.29) is 0 Å². The number of carbonyl (C=O) groups is 1. The Morgan fingerprint density at radius 2 is 0.968 bits per heavy atom. The third-order valence-corrected chi connectivity index (χ3v) is 16.2. The maximum absolute atomic E-state index is 11.5. The lowest BCUT2D eigenvalue weighted by molar-refractivity contribution is -0.121. The second kappa shape index (κ2) is 24.2. The summed E-state index contributed by atoms with van der Waals surface area (Å²) < 4.78 is 11.5. The zero-order valence-electron chi connectivity index (χ0n) is 39.7. The quantitative estimate of drug-likeness (QED) is 0.163. The van der Waals surface area contributed by atoms with Gasteiger partial charge < -0.3 is 14.6 Å². The summed E-state index contributed by atoms with van der Waals surface area (Å²) in [6.07, 6.45) is 25.4. The van der Waals surface area contributed by atoms with Gasteiger partial charge in [0, 0.05) is 17.3 Å². The monoisotopic (exact) mass is 919 g/mol. The van der Waals surface area contributed by atoms with Crippen LogP contribution in [0.15, 0.2) is 89.4 Å². The van der Waals surface area contributed by atoms with Crippen molar-refractivity contribution in [2.75, 3.05) is 14.2 Å². The van der Waals surface area contributed by atoms with Crippen LogP contribution in [0, 0.1) is 49.4 Å². The van der Waals surface area contributed by atoms with Crippen LogP contribution in [-0.2, 0) is 10.4 Å². The first-order chi connectivity index (χ1) is 30.5. The van der Waals surface area contributed by atoms with Crippen LogP contribution in [0.4, 0.5) is 0 Å². The number of aliphatic hydroxyl groups is 1. The number of methoxy groups -OCH3 is 2. The number of ketones is 1. The highest BCUT2D eigenvalue weighted by Gasteiger charge is 2.38. The molecule has 4 aliphatic rings. The SMILES string of the molecule is CCCC1CCC(C2CCC(=O)CC2)CC1.CCCC1CCC(C2CCC(O)(c3ccc(-c4ccc(OC)cc4)c(C)c3)CC2)CC1.COc1ccc(-c2ccc(Br)cc2C)cc1. The summed E-state index contributed by atoms with van der Waals surface area (Å²) in [6, 6.07) is 29.2. The standard InChI is InChI=1S/C29H40O2.C15H26O.C14H13BrO/c1-4-5-22-6-8-23(9-7-22)24-16-18-29(30,19-17-24)26-12-15-28(21(2)20-26)25-10-13-27(31-3)14-11-25;1-2-3-12-4-6-13(7-5-12)14-8-10-15(16)11-9-14;1-10-9-12(15)5-8-14(10)11-3-6-13(16-2)7-4-11/h10-15,20,22-24,30H,4-9,16-19H2,1-3H3;12-14H,2-11H2,1H3;3-9H,1-2H3. The molecule has 4 fully saturated rings. The van der Waals surface area contributed by atoms with E-state index in [9.17, 15) is 9.90 Å². The molecular weight excluding hydrogens is 841 g/mol. The summed E-state index contributed by atoms with van der Waals surface area (Å²) in [5, 5.41) is 11.5. The molecule has 63 heavy (non-hydrogen) atoms. The van der Waals surface area contributed by atoms with Gasteiger partial charge >= 0.3 is 0 Å². The molecule has 0 bridgehead atoms. The van der Waals surface area contributed by atoms with Gasteiger partial charge in [0.2, 0.25) is 0 Å². The second-order valence-electron chi connectivity index (χ2n) is 19.8. The van der Waals surface area contributed by atoms with E-state index in [2.05, 4.69) is 104 Å². The molecule has 342 valence electrons. The van der Waals surface area contributed by atoms with Gasteiger partial charge in [-0.3, -0.25) is 4.79 Å². The van der Waals surface area contributed by atoms with Crippen LogP contribution in [0.5, 0.6) is 11.5 Å². The average Bonchev–Trinajstić information content (AvgIpc) is 3.31. The Hall–Kier alpha value is -3.41. The number of benzene rings is 4. The Balaban J connectivity index is 0.000000173. The lowest BCUT2D eigenvalue weighted by Crippen LogP contribution is -2.34. The second-order valence-corrected chi connectivity index (χ2v) is 20.7. The van der Waals surface area contributed by atoms with Crippen LogP contribution < -0.4 is 9.47 Å². The van der Waals surface area contributed by atoms with Crippen LogP contribution in [0.25, 0.3) is 22.3 Å². The Kier molecular flexibility index (Phi) is 18.8. The van der Waals surface area contributed by atoms with Gasteiger partial charge in [-0.15, -0.1) is 0 Å². The fourth-order valence-corrected chi connectivity index (χ4v) is 12.3. The summed E-state index contributed by atoms with van der Waals surface area (Å²) in [5.74, 6) is 7.85. The zero-order valence-corrected chi connectivity index (χ0v) is 41.3. The summed E-state index contributed by atoms with van der Waals surface area (Å²) in [6.45, 7) is 8.90. The summed E-state index contributed by atoms with van der Waals surface area (Å²) in [4.78, 5) is 11.2. The van der Waals surface area contributed by atoms with Gasteiger partial charge in [0.1, 0.15) is 17.3 Å². The molecule has 0 heterocycles. The van der Waals surface area contributed by atoms with Crippen molar-refractivity contribution in [3.63, 3.8) is 0 Å². The average molecular weight is 920 g/mol. The third-order valence-electron chi connectivity index (χ3n) is 15.7. The number of ether oxygens (including phenoxy) is 2. The molecule has 0 unspecified atom stereocenters. The van der Waals surface area contributed by atoms with Crippen LogP contribution in [0.2, 0.25) is 0 Å². The van der Waals surface area contributed by atoms with Crippen LogP contribution >= 0.6 is 15.9 Å². The number of rotatable bonds is 11. The topological polar surface area (TPSA) is 55.8 Å². The van der Waals surface area contributed by atoms with Crippen molar-refractivity contribution in [2.45, 2.75) is 162 Å². The first-order valence-corrected chi connectivity index (χ1v) is 25.7. The first-order valence-electron chi connectivity index (χ1n) is 24.9. The lowest BCUT2D eigenvalue weighted by Gasteiger charge is -2.41. The molecule has 4 nitrogen and oxygen atoms in total. The van der Waals surface area contributed by atoms with Crippen molar-refractivity contribution < 1.29 is 19.4 Å². The Labute approximate surface area is 390 Å². The van der Waals surface area contributed by atoms with E-state index >= 15 is 0 Å². The highest BCUT2D eigenvalue weighted by atomic mass is 79.9. The minimum atomic E-state index is -0.654. The summed E-state index contributed by atoms with van der Waals surface area (Å²) in [7, 11) is 3.38. The van der Waals surface area contributed by atoms with Crippen LogP contribution in [0.3, 0.4) is 0 Å². The van der Waals surface area contributed by atoms with E-state index in [0.717, 1.165) is 82.7 Å². The van der Waals surface area contributed by atoms with Crippen molar-refractivity contribution in [3.05, 3.63) is 106 Å². The largest absolute Gasteiger partial charge is 0.497 e. The van der Waals surface area contributed by atoms with E-state index in [4.69, 9.17) is 9.47 Å². The van der Waals surface area contributed by atoms with E-state index < -0.39 is 5.60 Å². The third kappa shape index (κ3) is 13.8. The summed E-state index contributed by atoms with van der Waals surface area (Å²) >= 11 is 3.47. The van der Waals surface area contributed by atoms with E-state index in [1.807, 2.05) is 24.3 Å². The predicted molar refractivity (Wildman–Crippen MR) is 268 cm³/mol. The minimum Gasteiger partial charge on any atom is -0.497 e. The molecule has 0 aromatic heterocycles. The van der Waals surface area contributed by atoms with Gasteiger partial charge in [-0.25, -0.2) is 0 Å². The molecule has 0 saturated heterocycles. The van der Waals surface area contributed by atoms with Crippen LogP contribution in [-0.4, -0.2) is 25.1 Å². The molecule has 4 aromatic carbocycles. The molecule has 4 aromatic rings. The van der Waals surface area contributed by atoms with Crippen molar-refractivity contribution >= 4 is 21.7 Å². The molecule has 8 rings (SSSR count). The molecule has 1 N–H and O–H groups in total. The van der Waals surface area contributed by atoms with Crippen molar-refractivity contribution in [1.82, 2.24) is 0 Å². The highest BCUT2D eigenvalue weighted by Crippen LogP contribution is 2.47. The fraction of sp³-hybridized carbons (Fsp3) is 0.569. The number of aryl methyl sites for hydroxylation is 2. The number of halogens is 1. The molecule has 4 saturated carbocycles. The van der Waals surface area contributed by atoms with E-state index in [1.165, 1.54) is 136 Å². The Bertz CT molecular complexity index is 1970. The molecule has 0 radical (unpaired) electrons. The van der Waals surface area contributed by atoms with Crippen LogP contribution in [0.1, 0.15) is 159 Å². The van der Waals surface area contributed by atoms with Gasteiger partial charge in [-0.1, -0.05) is 130 Å². The Morgan fingerprint density at radius 3 is 1.38 bits per heavy atom. The van der Waals surface area contributed by atoms with Gasteiger partial charge in [-0.2, -0.15) is 0 Å². The minimum absolute atomic E-state index is 0.510. The molecule has 0 spiro atoms. The van der Waals surface area contributed by atoms with Crippen molar-refractivity contribution in [1.29, 1.82) is 0 Å². The van der Waals surface area contributed by atoms with Crippen molar-refractivity contribution in [3.8, 4) is 33.8 Å². The van der Waals surface area contributed by atoms with Gasteiger partial charge in [0.05, 0.1) is 19.8 Å². The number of carbonyl (C=O) groups excluding carboxylic acids is 1. The predicted octanol–water partition coefficient (Wildman–Crippen LogP) is 16.4. The number of hydrogen-bond acceptors (Lipinski definition) is 4. The van der Waals surface area contributed by atoms with Crippen molar-refractivity contribution in [2.24, 2.45) is 35.5 Å². The number of hydrogen-bond donors (Lipinski definition) is 1. The first kappa shape index (κ1) is 49.0. The molecule has 0 amide bonds. The molecular formula is C58H79BrO4. The van der Waals surface area contributed by atoms with Gasteiger partial charge in [0.15, 0.2) is 0 Å². The normalized spacial score (nSPS) is 25.2. The van der Waals surface area contributed by atoms with E-state index in [0.29, 0.717) is 5.78 Å². The fourth-order valence-electron chi connectivity index (χ4n) is 11.8. The number of Topliss-reactive ketones (excluding diaryl/α,β-unsaturated/α-hetero) is 1. The van der Waals surface area contributed by atoms with Gasteiger partial charge in [0.25, 0.3) is 0 Å². The lowest BCUT2D eigenvalue weighted by atomic mass is 9.66. The highest BCUT2D eigenvalue weighted by molar-refractivity contribution is 9.10. The zero-order chi connectivity index (χ0) is 44.8. The molecule has 5 heteroatoms. The van der Waals surface area contributed by atoms with E-state index in [1.54, 1.807) is 14.2 Å². The molecule has 4 aliphatic carbocycles. The molecule has 0 aliphatic heterocycles. The maximum Gasteiger partial charge on any atom is 0.132 e. The van der Waals surface area contributed by atoms with Gasteiger partial charge in [-0.05, 0) is 189 Å².